The van der Waals surface area contributed by atoms with E-state index in [-0.39, 0.29) is 18.1 Å². The van der Waals surface area contributed by atoms with E-state index in [0.29, 0.717) is 43.9 Å². The number of carboxylic acids is 1. The van der Waals surface area contributed by atoms with Gasteiger partial charge in [0.05, 0.1) is 6.42 Å². The van der Waals surface area contributed by atoms with Crippen molar-refractivity contribution in [2.75, 3.05) is 32.7 Å². The lowest BCUT2D eigenvalue weighted by Crippen LogP contribution is -2.49. The number of halogens is 1. The maximum absolute atomic E-state index is 13.1. The quantitative estimate of drug-likeness (QED) is 0.911. The minimum Gasteiger partial charge on any atom is -0.481 e. The van der Waals surface area contributed by atoms with Crippen molar-refractivity contribution < 1.29 is 19.1 Å². The first-order valence-corrected chi connectivity index (χ1v) is 6.97. The highest BCUT2D eigenvalue weighted by Gasteiger charge is 2.23. The number of carbonyl (C=O) groups is 2. The Morgan fingerprint density at radius 3 is 2.48 bits per heavy atom. The summed E-state index contributed by atoms with van der Waals surface area (Å²) in [6.45, 7) is 4.69. The van der Waals surface area contributed by atoms with E-state index < -0.39 is 5.97 Å². The number of carboxylic acid groups (broad SMARTS) is 1. The van der Waals surface area contributed by atoms with Crippen LogP contribution in [0, 0.1) is 12.7 Å². The summed E-state index contributed by atoms with van der Waals surface area (Å²) in [5.74, 6) is -1.25. The van der Waals surface area contributed by atoms with Crippen LogP contribution in [-0.4, -0.2) is 59.5 Å². The largest absolute Gasteiger partial charge is 0.481 e. The van der Waals surface area contributed by atoms with Crippen molar-refractivity contribution in [1.29, 1.82) is 0 Å². The summed E-state index contributed by atoms with van der Waals surface area (Å²) in [6.07, 6.45) is 0.116. The number of carbonyl (C=O) groups excluding carboxylic acids is 1. The molecule has 0 saturated carbocycles. The summed E-state index contributed by atoms with van der Waals surface area (Å²) in [5, 5.41) is 8.66. The molecule has 114 valence electrons. The zero-order chi connectivity index (χ0) is 15.4. The third kappa shape index (κ3) is 4.01. The van der Waals surface area contributed by atoms with Gasteiger partial charge in [-0.25, -0.2) is 4.39 Å². The van der Waals surface area contributed by atoms with Gasteiger partial charge >= 0.3 is 5.97 Å². The molecule has 21 heavy (non-hydrogen) atoms. The van der Waals surface area contributed by atoms with Crippen molar-refractivity contribution in [3.05, 3.63) is 35.1 Å². The first-order valence-electron chi connectivity index (χ1n) is 6.97. The van der Waals surface area contributed by atoms with Gasteiger partial charge in [0.1, 0.15) is 5.82 Å². The number of hydrogen-bond acceptors (Lipinski definition) is 3. The maximum atomic E-state index is 13.1. The van der Waals surface area contributed by atoms with Gasteiger partial charge in [-0.1, -0.05) is 0 Å². The highest BCUT2D eigenvalue weighted by Crippen LogP contribution is 2.14. The average molecular weight is 294 g/mol. The van der Waals surface area contributed by atoms with E-state index in [1.54, 1.807) is 11.8 Å². The SMILES string of the molecule is Cc1cc(F)ccc1C(=O)N1CCN(CCC(=O)O)CC1. The van der Waals surface area contributed by atoms with Crippen molar-refractivity contribution in [2.45, 2.75) is 13.3 Å². The molecule has 0 atom stereocenters. The van der Waals surface area contributed by atoms with Gasteiger partial charge in [-0.3, -0.25) is 14.5 Å². The van der Waals surface area contributed by atoms with Crippen molar-refractivity contribution in [2.24, 2.45) is 0 Å². The number of aryl methyl sites for hydroxylation is 1. The second-order valence-electron chi connectivity index (χ2n) is 5.24. The molecule has 1 saturated heterocycles. The zero-order valence-corrected chi connectivity index (χ0v) is 12.0. The molecule has 0 spiro atoms. The number of rotatable bonds is 4. The Morgan fingerprint density at radius 2 is 1.90 bits per heavy atom. The number of nitrogens with zero attached hydrogens (tertiary/aromatic N) is 2. The molecule has 0 aliphatic carbocycles. The Morgan fingerprint density at radius 1 is 1.24 bits per heavy atom. The van der Waals surface area contributed by atoms with Crippen LogP contribution in [-0.2, 0) is 4.79 Å². The fraction of sp³-hybridized carbons (Fsp3) is 0.467. The number of amides is 1. The summed E-state index contributed by atoms with van der Waals surface area (Å²) >= 11 is 0. The molecular formula is C15H19FN2O3. The fourth-order valence-corrected chi connectivity index (χ4v) is 2.47. The molecule has 5 nitrogen and oxygen atoms in total. The molecule has 1 aliphatic rings. The molecule has 6 heteroatoms. The summed E-state index contributed by atoms with van der Waals surface area (Å²) in [5.41, 5.74) is 1.16. The van der Waals surface area contributed by atoms with Crippen LogP contribution in [0.2, 0.25) is 0 Å². The standard InChI is InChI=1S/C15H19FN2O3/c1-11-10-12(16)2-3-13(11)15(21)18-8-6-17(7-9-18)5-4-14(19)20/h2-3,10H,4-9H2,1H3,(H,19,20). The summed E-state index contributed by atoms with van der Waals surface area (Å²) in [4.78, 5) is 26.7. The van der Waals surface area contributed by atoms with Crippen LogP contribution in [0.3, 0.4) is 0 Å². The van der Waals surface area contributed by atoms with Crippen molar-refractivity contribution in [1.82, 2.24) is 9.80 Å². The fourth-order valence-electron chi connectivity index (χ4n) is 2.47. The van der Waals surface area contributed by atoms with Crippen LogP contribution in [0.25, 0.3) is 0 Å². The van der Waals surface area contributed by atoms with Crippen LogP contribution < -0.4 is 0 Å². The zero-order valence-electron chi connectivity index (χ0n) is 12.0. The summed E-state index contributed by atoms with van der Waals surface area (Å²) in [7, 11) is 0. The lowest BCUT2D eigenvalue weighted by Gasteiger charge is -2.34. The Labute approximate surface area is 123 Å². The van der Waals surface area contributed by atoms with E-state index in [1.165, 1.54) is 18.2 Å². The van der Waals surface area contributed by atoms with E-state index in [0.717, 1.165) is 0 Å². The first kappa shape index (κ1) is 15.4. The molecule has 1 fully saturated rings. The predicted molar refractivity (Wildman–Crippen MR) is 75.7 cm³/mol. The summed E-state index contributed by atoms with van der Waals surface area (Å²) in [6, 6.07) is 4.17. The normalized spacial score (nSPS) is 16.0. The third-order valence-corrected chi connectivity index (χ3v) is 3.72. The monoisotopic (exact) mass is 294 g/mol. The lowest BCUT2D eigenvalue weighted by atomic mass is 10.1. The molecule has 1 amide bonds. The molecule has 0 aromatic heterocycles. The molecule has 1 aromatic rings. The Hall–Kier alpha value is -1.95. The highest BCUT2D eigenvalue weighted by atomic mass is 19.1. The van der Waals surface area contributed by atoms with Crippen LogP contribution in [0.5, 0.6) is 0 Å². The molecule has 2 rings (SSSR count). The number of benzene rings is 1. The second-order valence-corrected chi connectivity index (χ2v) is 5.24. The van der Waals surface area contributed by atoms with Crippen LogP contribution in [0.1, 0.15) is 22.3 Å². The number of hydrogen-bond donors (Lipinski definition) is 1. The predicted octanol–water partition coefficient (Wildman–Crippen LogP) is 1.37. The van der Waals surface area contributed by atoms with Crippen LogP contribution in [0.15, 0.2) is 18.2 Å². The average Bonchev–Trinajstić information content (AvgIpc) is 2.45. The Balaban J connectivity index is 1.92. The molecule has 0 radical (unpaired) electrons. The van der Waals surface area contributed by atoms with Gasteiger partial charge in [0.2, 0.25) is 0 Å². The third-order valence-electron chi connectivity index (χ3n) is 3.72. The lowest BCUT2D eigenvalue weighted by molar-refractivity contribution is -0.137. The van der Waals surface area contributed by atoms with E-state index in [2.05, 4.69) is 0 Å². The van der Waals surface area contributed by atoms with Crippen molar-refractivity contribution in [3.8, 4) is 0 Å². The number of piperazine rings is 1. The van der Waals surface area contributed by atoms with E-state index in [1.807, 2.05) is 4.90 Å². The van der Waals surface area contributed by atoms with E-state index in [9.17, 15) is 14.0 Å². The topological polar surface area (TPSA) is 60.9 Å². The van der Waals surface area contributed by atoms with Gasteiger partial charge in [0.15, 0.2) is 0 Å². The van der Waals surface area contributed by atoms with Crippen molar-refractivity contribution >= 4 is 11.9 Å². The first-order chi connectivity index (χ1) is 9.97. The Kier molecular flexibility index (Phi) is 4.90. The molecular weight excluding hydrogens is 275 g/mol. The van der Waals surface area contributed by atoms with Gasteiger partial charge in [-0.15, -0.1) is 0 Å². The second kappa shape index (κ2) is 6.67. The summed E-state index contributed by atoms with van der Waals surface area (Å²) < 4.78 is 13.1. The van der Waals surface area contributed by atoms with Crippen LogP contribution >= 0.6 is 0 Å². The maximum Gasteiger partial charge on any atom is 0.304 e. The van der Waals surface area contributed by atoms with Gasteiger partial charge in [0.25, 0.3) is 5.91 Å². The van der Waals surface area contributed by atoms with Crippen molar-refractivity contribution in [3.63, 3.8) is 0 Å². The molecule has 1 heterocycles. The van der Waals surface area contributed by atoms with Crippen LogP contribution in [0.4, 0.5) is 4.39 Å². The van der Waals surface area contributed by atoms with Gasteiger partial charge in [-0.2, -0.15) is 0 Å². The smallest absolute Gasteiger partial charge is 0.304 e. The minimum absolute atomic E-state index is 0.0922. The minimum atomic E-state index is -0.810. The van der Waals surface area contributed by atoms with E-state index >= 15 is 0 Å². The number of aliphatic carboxylic acids is 1. The molecule has 0 unspecified atom stereocenters. The van der Waals surface area contributed by atoms with Gasteiger partial charge in [-0.05, 0) is 30.7 Å². The molecule has 1 aromatic carbocycles. The Bertz CT molecular complexity index is 540. The highest BCUT2D eigenvalue weighted by molar-refractivity contribution is 5.95. The van der Waals surface area contributed by atoms with Gasteiger partial charge < -0.3 is 10.0 Å². The van der Waals surface area contributed by atoms with E-state index in [4.69, 9.17) is 5.11 Å². The molecule has 1 N–H and O–H groups in total. The molecule has 0 bridgehead atoms. The molecule has 1 aliphatic heterocycles. The van der Waals surface area contributed by atoms with Gasteiger partial charge in [0, 0.05) is 38.3 Å².